The lowest BCUT2D eigenvalue weighted by molar-refractivity contribution is -0.126. The Balaban J connectivity index is 1.62. The van der Waals surface area contributed by atoms with Gasteiger partial charge >= 0.3 is 0 Å². The van der Waals surface area contributed by atoms with E-state index in [-0.39, 0.29) is 11.8 Å². The minimum Gasteiger partial charge on any atom is -0.388 e. The number of carbonyl (C=O) groups is 1. The van der Waals surface area contributed by atoms with Crippen molar-refractivity contribution in [3.63, 3.8) is 0 Å². The number of hydrogen-bond donors (Lipinski definition) is 2. The van der Waals surface area contributed by atoms with Crippen LogP contribution in [0.2, 0.25) is 0 Å². The molecule has 0 aliphatic heterocycles. The van der Waals surface area contributed by atoms with Gasteiger partial charge in [-0.2, -0.15) is 0 Å². The van der Waals surface area contributed by atoms with E-state index >= 15 is 0 Å². The van der Waals surface area contributed by atoms with Crippen LogP contribution in [0.15, 0.2) is 17.5 Å². The molecule has 1 amide bonds. The second-order valence-corrected chi connectivity index (χ2v) is 7.45. The van der Waals surface area contributed by atoms with Crippen molar-refractivity contribution in [3.8, 4) is 0 Å². The molecular weight excluding hydrogens is 294 g/mol. The lowest BCUT2D eigenvalue weighted by atomic mass is 9.79. The Morgan fingerprint density at radius 1 is 1.41 bits per heavy atom. The van der Waals surface area contributed by atoms with Gasteiger partial charge in [0.1, 0.15) is 0 Å². The van der Waals surface area contributed by atoms with Crippen LogP contribution in [0.25, 0.3) is 0 Å². The third-order valence-electron chi connectivity index (χ3n) is 4.77. The average molecular weight is 324 g/mol. The average Bonchev–Trinajstić information content (AvgIpc) is 3.07. The van der Waals surface area contributed by atoms with Crippen LogP contribution in [0, 0.1) is 11.8 Å². The molecule has 4 heteroatoms. The molecule has 1 unspecified atom stereocenters. The molecule has 0 saturated heterocycles. The largest absolute Gasteiger partial charge is 0.388 e. The number of aliphatic hydroxyl groups excluding tert-OH is 1. The minimum atomic E-state index is -0.454. The van der Waals surface area contributed by atoms with Crippen LogP contribution >= 0.6 is 11.3 Å². The Kier molecular flexibility index (Phi) is 7.40. The number of carbonyl (C=O) groups excluding carboxylic acids is 1. The minimum absolute atomic E-state index is 0.187. The van der Waals surface area contributed by atoms with Gasteiger partial charge < -0.3 is 10.4 Å². The second kappa shape index (κ2) is 9.31. The molecule has 1 aliphatic rings. The summed E-state index contributed by atoms with van der Waals surface area (Å²) >= 11 is 1.56. The van der Waals surface area contributed by atoms with Gasteiger partial charge in [-0.1, -0.05) is 32.3 Å². The fourth-order valence-electron chi connectivity index (χ4n) is 3.31. The van der Waals surface area contributed by atoms with Crippen LogP contribution < -0.4 is 5.32 Å². The maximum absolute atomic E-state index is 12.2. The van der Waals surface area contributed by atoms with E-state index in [1.807, 2.05) is 17.5 Å². The van der Waals surface area contributed by atoms with E-state index in [1.54, 1.807) is 11.3 Å². The van der Waals surface area contributed by atoms with Gasteiger partial charge in [0.2, 0.25) is 5.91 Å². The predicted octanol–water partition coefficient (Wildman–Crippen LogP) is 4.28. The molecule has 1 aromatic heterocycles. The van der Waals surface area contributed by atoms with Crippen LogP contribution in [0.1, 0.15) is 69.3 Å². The van der Waals surface area contributed by atoms with E-state index in [0.717, 1.165) is 23.6 Å². The first-order chi connectivity index (χ1) is 10.7. The molecule has 2 rings (SSSR count). The van der Waals surface area contributed by atoms with Crippen molar-refractivity contribution >= 4 is 17.2 Å². The number of amides is 1. The summed E-state index contributed by atoms with van der Waals surface area (Å²) < 4.78 is 0. The smallest absolute Gasteiger partial charge is 0.223 e. The maximum Gasteiger partial charge on any atom is 0.223 e. The molecule has 2 N–H and O–H groups in total. The predicted molar refractivity (Wildman–Crippen MR) is 91.9 cm³/mol. The van der Waals surface area contributed by atoms with E-state index in [4.69, 9.17) is 0 Å². The van der Waals surface area contributed by atoms with Gasteiger partial charge in [-0.3, -0.25) is 4.79 Å². The summed E-state index contributed by atoms with van der Waals surface area (Å²) in [6.07, 6.45) is 8.54. The van der Waals surface area contributed by atoms with Gasteiger partial charge in [0.25, 0.3) is 0 Å². The highest BCUT2D eigenvalue weighted by atomic mass is 32.1. The molecule has 1 atom stereocenters. The van der Waals surface area contributed by atoms with Crippen molar-refractivity contribution in [2.45, 2.75) is 64.4 Å². The molecule has 22 heavy (non-hydrogen) atoms. The molecule has 0 bridgehead atoms. The molecule has 1 fully saturated rings. The molecule has 0 aromatic carbocycles. The molecule has 1 saturated carbocycles. The lowest BCUT2D eigenvalue weighted by Crippen LogP contribution is -2.34. The van der Waals surface area contributed by atoms with Gasteiger partial charge in [-0.15, -0.1) is 11.3 Å². The Morgan fingerprint density at radius 2 is 2.18 bits per heavy atom. The number of aliphatic hydroxyl groups is 1. The standard InChI is InChI=1S/C18H29NO2S/c1-2-3-5-14-7-9-15(10-8-14)18(21)19-12-11-16(20)17-6-4-13-22-17/h4,6,13-16,20H,2-3,5,7-12H2,1H3,(H,19,21). The lowest BCUT2D eigenvalue weighted by Gasteiger charge is -2.27. The van der Waals surface area contributed by atoms with Crippen LogP contribution in [0.5, 0.6) is 0 Å². The number of thiophene rings is 1. The van der Waals surface area contributed by atoms with Crippen molar-refractivity contribution in [3.05, 3.63) is 22.4 Å². The first-order valence-electron chi connectivity index (χ1n) is 8.69. The number of nitrogens with one attached hydrogen (secondary N) is 1. The van der Waals surface area contributed by atoms with Crippen LogP contribution in [-0.2, 0) is 4.79 Å². The van der Waals surface area contributed by atoms with E-state index < -0.39 is 6.10 Å². The Bertz CT molecular complexity index is 424. The number of rotatable bonds is 8. The zero-order valence-electron chi connectivity index (χ0n) is 13.6. The van der Waals surface area contributed by atoms with E-state index in [2.05, 4.69) is 12.2 Å². The van der Waals surface area contributed by atoms with Gasteiger partial charge in [0, 0.05) is 17.3 Å². The highest BCUT2D eigenvalue weighted by Crippen LogP contribution is 2.32. The molecule has 124 valence electrons. The summed E-state index contributed by atoms with van der Waals surface area (Å²) in [7, 11) is 0. The van der Waals surface area contributed by atoms with Crippen molar-refractivity contribution in [1.29, 1.82) is 0 Å². The zero-order chi connectivity index (χ0) is 15.8. The van der Waals surface area contributed by atoms with E-state index in [9.17, 15) is 9.90 Å². The fraction of sp³-hybridized carbons (Fsp3) is 0.722. The summed E-state index contributed by atoms with van der Waals surface area (Å²) in [4.78, 5) is 13.2. The molecule has 0 radical (unpaired) electrons. The Labute approximate surface area is 138 Å². The number of unbranched alkanes of at least 4 members (excludes halogenated alkanes) is 1. The third kappa shape index (κ3) is 5.40. The van der Waals surface area contributed by atoms with Gasteiger partial charge in [-0.05, 0) is 49.5 Å². The molecule has 0 spiro atoms. The molecule has 1 aliphatic carbocycles. The van der Waals surface area contributed by atoms with Gasteiger partial charge in [0.15, 0.2) is 0 Å². The number of hydrogen-bond acceptors (Lipinski definition) is 3. The normalized spacial score (nSPS) is 23.2. The molecule has 1 heterocycles. The molecule has 1 aromatic rings. The molecular formula is C18H29NO2S. The second-order valence-electron chi connectivity index (χ2n) is 6.47. The summed E-state index contributed by atoms with van der Waals surface area (Å²) in [5.41, 5.74) is 0. The van der Waals surface area contributed by atoms with Crippen LogP contribution in [0.4, 0.5) is 0 Å². The van der Waals surface area contributed by atoms with Crippen molar-refractivity contribution in [1.82, 2.24) is 5.32 Å². The monoisotopic (exact) mass is 323 g/mol. The first-order valence-corrected chi connectivity index (χ1v) is 9.57. The topological polar surface area (TPSA) is 49.3 Å². The van der Waals surface area contributed by atoms with E-state index in [1.165, 1.54) is 32.1 Å². The van der Waals surface area contributed by atoms with Crippen molar-refractivity contribution < 1.29 is 9.90 Å². The maximum atomic E-state index is 12.2. The summed E-state index contributed by atoms with van der Waals surface area (Å²) in [5, 5.41) is 15.0. The van der Waals surface area contributed by atoms with Gasteiger partial charge in [0.05, 0.1) is 6.10 Å². The van der Waals surface area contributed by atoms with Crippen molar-refractivity contribution in [2.75, 3.05) is 6.54 Å². The van der Waals surface area contributed by atoms with Crippen LogP contribution in [0.3, 0.4) is 0 Å². The quantitative estimate of drug-likeness (QED) is 0.750. The summed E-state index contributed by atoms with van der Waals surface area (Å²) in [6.45, 7) is 2.80. The highest BCUT2D eigenvalue weighted by molar-refractivity contribution is 7.10. The molecule has 3 nitrogen and oxygen atoms in total. The summed E-state index contributed by atoms with van der Waals surface area (Å²) in [6, 6.07) is 3.88. The van der Waals surface area contributed by atoms with E-state index in [0.29, 0.717) is 13.0 Å². The van der Waals surface area contributed by atoms with Gasteiger partial charge in [-0.25, -0.2) is 0 Å². The SMILES string of the molecule is CCCCC1CCC(C(=O)NCCC(O)c2cccs2)CC1. The van der Waals surface area contributed by atoms with Crippen LogP contribution in [-0.4, -0.2) is 17.6 Å². The Morgan fingerprint density at radius 3 is 2.82 bits per heavy atom. The fourth-order valence-corrected chi connectivity index (χ4v) is 4.05. The highest BCUT2D eigenvalue weighted by Gasteiger charge is 2.25. The third-order valence-corrected chi connectivity index (χ3v) is 5.75. The Hall–Kier alpha value is -0.870. The zero-order valence-corrected chi connectivity index (χ0v) is 14.4. The van der Waals surface area contributed by atoms with Crippen molar-refractivity contribution in [2.24, 2.45) is 11.8 Å². The first kappa shape index (κ1) is 17.5. The summed E-state index contributed by atoms with van der Waals surface area (Å²) in [5.74, 6) is 1.22.